The Morgan fingerprint density at radius 3 is 2.41 bits per heavy atom. The van der Waals surface area contributed by atoms with Crippen molar-refractivity contribution in [1.82, 2.24) is 4.90 Å². The molecule has 27 heavy (non-hydrogen) atoms. The Morgan fingerprint density at radius 1 is 1.11 bits per heavy atom. The summed E-state index contributed by atoms with van der Waals surface area (Å²) in [5.41, 5.74) is 1.44. The quantitative estimate of drug-likeness (QED) is 0.594. The maximum atomic E-state index is 12.5. The largest absolute Gasteiger partial charge is 0.478 e. The second-order valence-electron chi connectivity index (χ2n) is 5.61. The molecule has 3 rings (SSSR count). The molecule has 0 saturated carbocycles. The highest BCUT2D eigenvalue weighted by molar-refractivity contribution is 8.26. The number of hydrogen-bond acceptors (Lipinski definition) is 5. The van der Waals surface area contributed by atoms with Crippen molar-refractivity contribution < 1.29 is 19.5 Å². The molecule has 2 amide bonds. The fraction of sp³-hybridized carbons (Fsp3) is 0.0526. The van der Waals surface area contributed by atoms with Crippen molar-refractivity contribution in [3.8, 4) is 0 Å². The van der Waals surface area contributed by atoms with Gasteiger partial charge in [-0.1, -0.05) is 54.3 Å². The molecule has 0 unspecified atom stereocenters. The fourth-order valence-electron chi connectivity index (χ4n) is 2.38. The molecule has 6 nitrogen and oxygen atoms in total. The molecule has 2 aromatic rings. The number of hydrogen-bond donors (Lipinski definition) is 2. The van der Waals surface area contributed by atoms with E-state index in [-0.39, 0.29) is 18.0 Å². The molecule has 1 saturated heterocycles. The number of amides is 2. The number of carbonyl (C=O) groups excluding carboxylic acids is 2. The molecule has 1 aliphatic rings. The number of benzene rings is 2. The van der Waals surface area contributed by atoms with Crippen LogP contribution in [0.3, 0.4) is 0 Å². The van der Waals surface area contributed by atoms with Crippen molar-refractivity contribution in [2.24, 2.45) is 0 Å². The van der Waals surface area contributed by atoms with Gasteiger partial charge in [0.2, 0.25) is 5.91 Å². The van der Waals surface area contributed by atoms with E-state index < -0.39 is 11.9 Å². The molecule has 136 valence electrons. The molecular weight excluding hydrogens is 384 g/mol. The highest BCUT2D eigenvalue weighted by atomic mass is 32.2. The van der Waals surface area contributed by atoms with Crippen LogP contribution in [0, 0.1) is 0 Å². The Kier molecular flexibility index (Phi) is 5.68. The fourth-order valence-corrected chi connectivity index (χ4v) is 3.63. The molecule has 2 N–H and O–H groups in total. The summed E-state index contributed by atoms with van der Waals surface area (Å²) >= 11 is 6.38. The van der Waals surface area contributed by atoms with Gasteiger partial charge >= 0.3 is 5.97 Å². The molecule has 0 spiro atoms. The van der Waals surface area contributed by atoms with E-state index in [4.69, 9.17) is 17.3 Å². The number of aromatic carboxylic acids is 1. The van der Waals surface area contributed by atoms with Crippen molar-refractivity contribution in [2.45, 2.75) is 0 Å². The van der Waals surface area contributed by atoms with E-state index in [1.165, 1.54) is 29.2 Å². The summed E-state index contributed by atoms with van der Waals surface area (Å²) in [6.07, 6.45) is 1.74. The van der Waals surface area contributed by atoms with Crippen LogP contribution in [-0.4, -0.2) is 38.7 Å². The number of rotatable bonds is 5. The SMILES string of the molecule is O=C(CN1C(=O)/C(=C\c2ccccc2)SC1=S)Nc1ccc(C(=O)O)cc1. The molecule has 0 bridgehead atoms. The predicted molar refractivity (Wildman–Crippen MR) is 108 cm³/mol. The van der Waals surface area contributed by atoms with Gasteiger partial charge in [0, 0.05) is 5.69 Å². The van der Waals surface area contributed by atoms with Gasteiger partial charge in [0.1, 0.15) is 10.9 Å². The van der Waals surface area contributed by atoms with E-state index >= 15 is 0 Å². The normalized spacial score (nSPS) is 15.3. The third-order valence-corrected chi connectivity index (χ3v) is 5.07. The van der Waals surface area contributed by atoms with E-state index in [2.05, 4.69) is 5.32 Å². The van der Waals surface area contributed by atoms with E-state index in [1.54, 1.807) is 6.08 Å². The van der Waals surface area contributed by atoms with Crippen LogP contribution in [0.4, 0.5) is 5.69 Å². The van der Waals surface area contributed by atoms with Crippen LogP contribution in [-0.2, 0) is 9.59 Å². The van der Waals surface area contributed by atoms with E-state index in [0.29, 0.717) is 14.9 Å². The number of thioether (sulfide) groups is 1. The van der Waals surface area contributed by atoms with Gasteiger partial charge in [-0.2, -0.15) is 0 Å². The van der Waals surface area contributed by atoms with Gasteiger partial charge in [-0.3, -0.25) is 14.5 Å². The first kappa shape index (κ1) is 18.8. The van der Waals surface area contributed by atoms with E-state index in [9.17, 15) is 14.4 Å². The Bertz CT molecular complexity index is 940. The van der Waals surface area contributed by atoms with Crippen molar-refractivity contribution >= 4 is 57.8 Å². The standard InChI is InChI=1S/C19H14N2O4S2/c22-16(20-14-8-6-13(7-9-14)18(24)25)11-21-17(23)15(27-19(21)26)10-12-4-2-1-3-5-12/h1-10H,11H2,(H,20,22)(H,24,25)/b15-10+. The number of carboxylic acids is 1. The van der Waals surface area contributed by atoms with Crippen LogP contribution in [0.15, 0.2) is 59.5 Å². The van der Waals surface area contributed by atoms with Crippen molar-refractivity contribution in [3.05, 3.63) is 70.6 Å². The van der Waals surface area contributed by atoms with E-state index in [0.717, 1.165) is 17.3 Å². The molecule has 0 aromatic heterocycles. The zero-order chi connectivity index (χ0) is 19.4. The number of carboxylic acid groups (broad SMARTS) is 1. The van der Waals surface area contributed by atoms with Crippen LogP contribution >= 0.6 is 24.0 Å². The first-order chi connectivity index (χ1) is 12.9. The summed E-state index contributed by atoms with van der Waals surface area (Å²) < 4.78 is 0.318. The predicted octanol–water partition coefficient (Wildman–Crippen LogP) is 3.22. The number of carbonyl (C=O) groups is 3. The maximum Gasteiger partial charge on any atom is 0.335 e. The molecule has 1 fully saturated rings. The highest BCUT2D eigenvalue weighted by Crippen LogP contribution is 2.32. The Morgan fingerprint density at radius 2 is 1.78 bits per heavy atom. The van der Waals surface area contributed by atoms with Crippen LogP contribution in [0.2, 0.25) is 0 Å². The topological polar surface area (TPSA) is 86.7 Å². The van der Waals surface area contributed by atoms with Crippen LogP contribution in [0.5, 0.6) is 0 Å². The lowest BCUT2D eigenvalue weighted by Crippen LogP contribution is -2.36. The van der Waals surface area contributed by atoms with Gasteiger partial charge in [-0.05, 0) is 35.9 Å². The minimum Gasteiger partial charge on any atom is -0.478 e. The molecule has 2 aromatic carbocycles. The van der Waals surface area contributed by atoms with Gasteiger partial charge in [0.25, 0.3) is 5.91 Å². The lowest BCUT2D eigenvalue weighted by Gasteiger charge is -2.14. The molecule has 1 aliphatic heterocycles. The third kappa shape index (κ3) is 4.60. The number of thiocarbonyl (C=S) groups is 1. The maximum absolute atomic E-state index is 12.5. The minimum atomic E-state index is -1.05. The molecule has 0 aliphatic carbocycles. The minimum absolute atomic E-state index is 0.121. The summed E-state index contributed by atoms with van der Waals surface area (Å²) in [6.45, 7) is -0.211. The highest BCUT2D eigenvalue weighted by Gasteiger charge is 2.33. The van der Waals surface area contributed by atoms with Crippen molar-refractivity contribution in [2.75, 3.05) is 11.9 Å². The summed E-state index contributed by atoms with van der Waals surface area (Å²) in [5.74, 6) is -1.78. The van der Waals surface area contributed by atoms with Crippen molar-refractivity contribution in [1.29, 1.82) is 0 Å². The first-order valence-electron chi connectivity index (χ1n) is 7.87. The van der Waals surface area contributed by atoms with Crippen molar-refractivity contribution in [3.63, 3.8) is 0 Å². The summed E-state index contributed by atoms with van der Waals surface area (Å²) in [5, 5.41) is 11.5. The second-order valence-corrected chi connectivity index (χ2v) is 7.28. The van der Waals surface area contributed by atoms with Crippen LogP contribution < -0.4 is 5.32 Å². The average Bonchev–Trinajstić information content (AvgIpc) is 2.90. The number of anilines is 1. The van der Waals surface area contributed by atoms with Crippen LogP contribution in [0.25, 0.3) is 6.08 Å². The summed E-state index contributed by atoms with van der Waals surface area (Å²) in [7, 11) is 0. The smallest absolute Gasteiger partial charge is 0.335 e. The van der Waals surface area contributed by atoms with Gasteiger partial charge < -0.3 is 10.4 Å². The van der Waals surface area contributed by atoms with E-state index in [1.807, 2.05) is 30.3 Å². The molecular formula is C19H14N2O4S2. The zero-order valence-corrected chi connectivity index (χ0v) is 15.5. The van der Waals surface area contributed by atoms with Gasteiger partial charge in [-0.25, -0.2) is 4.79 Å². The van der Waals surface area contributed by atoms with Gasteiger partial charge in [0.15, 0.2) is 0 Å². The molecule has 0 atom stereocenters. The average molecular weight is 398 g/mol. The number of nitrogens with one attached hydrogen (secondary N) is 1. The molecule has 1 heterocycles. The lowest BCUT2D eigenvalue weighted by atomic mass is 10.2. The Balaban J connectivity index is 1.65. The first-order valence-corrected chi connectivity index (χ1v) is 9.10. The zero-order valence-electron chi connectivity index (χ0n) is 13.9. The Hall–Kier alpha value is -2.97. The second kappa shape index (κ2) is 8.15. The van der Waals surface area contributed by atoms with Gasteiger partial charge in [-0.15, -0.1) is 0 Å². The molecule has 8 heteroatoms. The summed E-state index contributed by atoms with van der Waals surface area (Å²) in [6, 6.07) is 15.1. The lowest BCUT2D eigenvalue weighted by molar-refractivity contribution is -0.126. The van der Waals surface area contributed by atoms with Crippen LogP contribution in [0.1, 0.15) is 15.9 Å². The summed E-state index contributed by atoms with van der Waals surface area (Å²) in [4.78, 5) is 37.3. The number of nitrogens with zero attached hydrogens (tertiary/aromatic N) is 1. The third-order valence-electron chi connectivity index (χ3n) is 3.69. The van der Waals surface area contributed by atoms with Gasteiger partial charge in [0.05, 0.1) is 10.5 Å². The Labute approximate surface area is 164 Å². The molecule has 0 radical (unpaired) electrons. The monoisotopic (exact) mass is 398 g/mol.